The average molecular weight is 303 g/mol. The first-order chi connectivity index (χ1) is 11.2. The van der Waals surface area contributed by atoms with Crippen LogP contribution in [-0.4, -0.2) is 15.8 Å². The second kappa shape index (κ2) is 5.51. The lowest BCUT2D eigenvalue weighted by Crippen LogP contribution is -2.16. The van der Waals surface area contributed by atoms with Crippen molar-refractivity contribution < 1.29 is 4.79 Å². The van der Waals surface area contributed by atoms with Gasteiger partial charge in [-0.15, -0.1) is 6.42 Å². The summed E-state index contributed by atoms with van der Waals surface area (Å²) in [5, 5.41) is 3.41. The Kier molecular flexibility index (Phi) is 3.34. The molecule has 0 aliphatic heterocycles. The third-order valence-electron chi connectivity index (χ3n) is 4.68. The smallest absolute Gasteiger partial charge is 0.223 e. The van der Waals surface area contributed by atoms with Gasteiger partial charge in [-0.25, -0.2) is 9.97 Å². The fourth-order valence-corrected chi connectivity index (χ4v) is 3.46. The number of nitrogens with one attached hydrogen (secondary N) is 1. The standard InChI is InChI=1S/C19H17N3O/c1-2-12-6-7-13-8-9-17(14(13)10-12)22-19-20-11-15-16(21-19)4-3-5-18(15)23/h1,6-7,10-11,17H,3-5,8-9H2,(H,20,21,22)/t17-/m0/s1. The predicted octanol–water partition coefficient (Wildman–Crippen LogP) is 3.08. The van der Waals surface area contributed by atoms with Crippen LogP contribution in [0.15, 0.2) is 24.4 Å². The zero-order chi connectivity index (χ0) is 15.8. The first-order valence-electron chi connectivity index (χ1n) is 7.99. The van der Waals surface area contributed by atoms with E-state index in [2.05, 4.69) is 33.3 Å². The lowest BCUT2D eigenvalue weighted by atomic mass is 9.96. The highest BCUT2D eigenvalue weighted by Crippen LogP contribution is 2.34. The quantitative estimate of drug-likeness (QED) is 0.866. The van der Waals surface area contributed by atoms with Crippen molar-refractivity contribution in [1.29, 1.82) is 0 Å². The Balaban J connectivity index is 1.61. The Labute approximate surface area is 135 Å². The monoisotopic (exact) mass is 303 g/mol. The molecule has 4 rings (SSSR count). The molecule has 1 heterocycles. The summed E-state index contributed by atoms with van der Waals surface area (Å²) in [4.78, 5) is 20.8. The molecular weight excluding hydrogens is 286 g/mol. The summed E-state index contributed by atoms with van der Waals surface area (Å²) in [6, 6.07) is 6.35. The van der Waals surface area contributed by atoms with Crippen LogP contribution in [0.1, 0.15) is 58.0 Å². The number of hydrogen-bond donors (Lipinski definition) is 1. The van der Waals surface area contributed by atoms with Gasteiger partial charge in [-0.3, -0.25) is 4.79 Å². The molecule has 2 aromatic rings. The number of carbonyl (C=O) groups excluding carboxylic acids is 1. The highest BCUT2D eigenvalue weighted by Gasteiger charge is 2.24. The highest BCUT2D eigenvalue weighted by molar-refractivity contribution is 5.97. The molecule has 2 aliphatic rings. The maximum Gasteiger partial charge on any atom is 0.223 e. The molecule has 0 saturated heterocycles. The summed E-state index contributed by atoms with van der Waals surface area (Å²) in [6.45, 7) is 0. The van der Waals surface area contributed by atoms with Crippen LogP contribution >= 0.6 is 0 Å². The maximum absolute atomic E-state index is 11.9. The molecule has 4 heteroatoms. The number of Topliss-reactive ketones (excluding diaryl/α,β-unsaturated/α-hetero) is 1. The molecule has 1 atom stereocenters. The number of anilines is 1. The van der Waals surface area contributed by atoms with Gasteiger partial charge < -0.3 is 5.32 Å². The van der Waals surface area contributed by atoms with Crippen LogP contribution in [0.4, 0.5) is 5.95 Å². The van der Waals surface area contributed by atoms with E-state index in [9.17, 15) is 4.79 Å². The number of aromatic nitrogens is 2. The zero-order valence-corrected chi connectivity index (χ0v) is 12.8. The molecule has 2 aliphatic carbocycles. The number of carbonyl (C=O) groups is 1. The van der Waals surface area contributed by atoms with E-state index in [1.54, 1.807) is 6.20 Å². The maximum atomic E-state index is 11.9. The van der Waals surface area contributed by atoms with E-state index >= 15 is 0 Å². The second-order valence-electron chi connectivity index (χ2n) is 6.12. The molecule has 0 fully saturated rings. The second-order valence-corrected chi connectivity index (χ2v) is 6.12. The number of nitrogens with zero attached hydrogens (tertiary/aromatic N) is 2. The first-order valence-corrected chi connectivity index (χ1v) is 7.99. The number of fused-ring (bicyclic) bond motifs is 2. The summed E-state index contributed by atoms with van der Waals surface area (Å²) in [5.74, 6) is 3.45. The Bertz CT molecular complexity index is 835. The van der Waals surface area contributed by atoms with Crippen molar-refractivity contribution in [1.82, 2.24) is 9.97 Å². The molecule has 1 aromatic heterocycles. The number of ketones is 1. The van der Waals surface area contributed by atoms with Gasteiger partial charge in [-0.05, 0) is 48.9 Å². The van der Waals surface area contributed by atoms with Crippen molar-refractivity contribution in [3.63, 3.8) is 0 Å². The molecule has 23 heavy (non-hydrogen) atoms. The van der Waals surface area contributed by atoms with E-state index < -0.39 is 0 Å². The topological polar surface area (TPSA) is 54.9 Å². The van der Waals surface area contributed by atoms with E-state index in [0.717, 1.165) is 36.9 Å². The fraction of sp³-hybridized carbons (Fsp3) is 0.316. The summed E-state index contributed by atoms with van der Waals surface area (Å²) >= 11 is 0. The van der Waals surface area contributed by atoms with Crippen LogP contribution < -0.4 is 5.32 Å². The highest BCUT2D eigenvalue weighted by atomic mass is 16.1. The number of terminal acetylenes is 1. The van der Waals surface area contributed by atoms with Gasteiger partial charge in [0, 0.05) is 18.2 Å². The molecule has 1 aromatic carbocycles. The summed E-state index contributed by atoms with van der Waals surface area (Å²) < 4.78 is 0. The van der Waals surface area contributed by atoms with Crippen LogP contribution in [-0.2, 0) is 12.8 Å². The Hall–Kier alpha value is -2.67. The van der Waals surface area contributed by atoms with Gasteiger partial charge >= 0.3 is 0 Å². The van der Waals surface area contributed by atoms with Crippen molar-refractivity contribution in [3.05, 3.63) is 52.3 Å². The van der Waals surface area contributed by atoms with E-state index in [4.69, 9.17) is 6.42 Å². The SMILES string of the molecule is C#Cc1ccc2c(c1)[C@@H](Nc1ncc3c(n1)CCCC3=O)CC2. The van der Waals surface area contributed by atoms with Gasteiger partial charge in [-0.1, -0.05) is 12.0 Å². The van der Waals surface area contributed by atoms with Gasteiger partial charge in [0.1, 0.15) is 0 Å². The Morgan fingerprint density at radius 1 is 1.26 bits per heavy atom. The van der Waals surface area contributed by atoms with Gasteiger partial charge in [0.15, 0.2) is 5.78 Å². The molecule has 0 unspecified atom stereocenters. The van der Waals surface area contributed by atoms with Crippen LogP contribution in [0.2, 0.25) is 0 Å². The third-order valence-corrected chi connectivity index (χ3v) is 4.68. The lowest BCUT2D eigenvalue weighted by Gasteiger charge is -2.17. The third kappa shape index (κ3) is 2.49. The van der Waals surface area contributed by atoms with Crippen molar-refractivity contribution in [2.24, 2.45) is 0 Å². The zero-order valence-electron chi connectivity index (χ0n) is 12.8. The molecule has 4 nitrogen and oxygen atoms in total. The number of rotatable bonds is 2. The molecule has 0 bridgehead atoms. The average Bonchev–Trinajstić information content (AvgIpc) is 2.97. The van der Waals surface area contributed by atoms with Crippen molar-refractivity contribution in [2.45, 2.75) is 38.1 Å². The van der Waals surface area contributed by atoms with Crippen molar-refractivity contribution in [3.8, 4) is 12.3 Å². The Morgan fingerprint density at radius 3 is 3.04 bits per heavy atom. The predicted molar refractivity (Wildman–Crippen MR) is 88.4 cm³/mol. The van der Waals surface area contributed by atoms with E-state index in [1.165, 1.54) is 11.1 Å². The molecule has 1 N–H and O–H groups in total. The van der Waals surface area contributed by atoms with Crippen molar-refractivity contribution >= 4 is 11.7 Å². The fourth-order valence-electron chi connectivity index (χ4n) is 3.46. The molecule has 0 spiro atoms. The largest absolute Gasteiger partial charge is 0.347 e. The van der Waals surface area contributed by atoms with Crippen LogP contribution in [0.5, 0.6) is 0 Å². The normalized spacial score (nSPS) is 18.9. The minimum Gasteiger partial charge on any atom is -0.347 e. The summed E-state index contributed by atoms with van der Waals surface area (Å²) in [6.07, 6.45) is 11.5. The van der Waals surface area contributed by atoms with E-state index in [1.807, 2.05) is 6.07 Å². The minimum atomic E-state index is 0.155. The van der Waals surface area contributed by atoms with Crippen LogP contribution in [0, 0.1) is 12.3 Å². The molecule has 0 saturated carbocycles. The van der Waals surface area contributed by atoms with E-state index in [0.29, 0.717) is 17.9 Å². The van der Waals surface area contributed by atoms with Gasteiger partial charge in [0.2, 0.25) is 5.95 Å². The lowest BCUT2D eigenvalue weighted by molar-refractivity contribution is 0.0971. The Morgan fingerprint density at radius 2 is 2.17 bits per heavy atom. The van der Waals surface area contributed by atoms with Crippen LogP contribution in [0.3, 0.4) is 0 Å². The van der Waals surface area contributed by atoms with E-state index in [-0.39, 0.29) is 11.8 Å². The number of benzene rings is 1. The van der Waals surface area contributed by atoms with Crippen LogP contribution in [0.25, 0.3) is 0 Å². The summed E-state index contributed by atoms with van der Waals surface area (Å²) in [5.41, 5.74) is 5.01. The molecule has 0 radical (unpaired) electrons. The van der Waals surface area contributed by atoms with Crippen molar-refractivity contribution in [2.75, 3.05) is 5.32 Å². The first kappa shape index (κ1) is 14.0. The molecular formula is C19H17N3O. The molecule has 0 amide bonds. The number of hydrogen-bond acceptors (Lipinski definition) is 4. The summed E-state index contributed by atoms with van der Waals surface area (Å²) in [7, 11) is 0. The van der Waals surface area contributed by atoms with Gasteiger partial charge in [-0.2, -0.15) is 0 Å². The number of aryl methyl sites for hydroxylation is 2. The minimum absolute atomic E-state index is 0.155. The van der Waals surface area contributed by atoms with Gasteiger partial charge in [0.05, 0.1) is 17.3 Å². The van der Waals surface area contributed by atoms with Gasteiger partial charge in [0.25, 0.3) is 0 Å². The molecule has 114 valence electrons.